The SMILES string of the molecule is CC(=O)Oc1ccc(N2CCS(=O)(=O)CC2)cc1. The summed E-state index contributed by atoms with van der Waals surface area (Å²) in [5, 5.41) is 0. The van der Waals surface area contributed by atoms with Crippen LogP contribution in [0, 0.1) is 0 Å². The molecular weight excluding hydrogens is 254 g/mol. The normalized spacial score (nSPS) is 18.4. The van der Waals surface area contributed by atoms with Crippen LogP contribution in [0.1, 0.15) is 6.92 Å². The second-order valence-electron chi connectivity index (χ2n) is 4.23. The molecule has 1 fully saturated rings. The summed E-state index contributed by atoms with van der Waals surface area (Å²) < 4.78 is 27.6. The third-order valence-electron chi connectivity index (χ3n) is 2.81. The van der Waals surface area contributed by atoms with Gasteiger partial charge in [0.25, 0.3) is 0 Å². The Bertz CT molecular complexity index is 522. The average Bonchev–Trinajstić information content (AvgIpc) is 2.30. The van der Waals surface area contributed by atoms with Gasteiger partial charge < -0.3 is 9.64 Å². The van der Waals surface area contributed by atoms with E-state index in [-0.39, 0.29) is 17.5 Å². The van der Waals surface area contributed by atoms with E-state index in [1.54, 1.807) is 12.1 Å². The van der Waals surface area contributed by atoms with E-state index in [1.807, 2.05) is 17.0 Å². The second-order valence-corrected chi connectivity index (χ2v) is 6.53. The molecule has 0 amide bonds. The van der Waals surface area contributed by atoms with Crippen molar-refractivity contribution in [3.63, 3.8) is 0 Å². The Hall–Kier alpha value is -1.56. The topological polar surface area (TPSA) is 63.7 Å². The summed E-state index contributed by atoms with van der Waals surface area (Å²) in [5.41, 5.74) is 0.945. The third-order valence-corrected chi connectivity index (χ3v) is 4.42. The molecule has 1 saturated heterocycles. The van der Waals surface area contributed by atoms with Gasteiger partial charge in [-0.25, -0.2) is 8.42 Å². The molecule has 0 N–H and O–H groups in total. The lowest BCUT2D eigenvalue weighted by Gasteiger charge is -2.28. The highest BCUT2D eigenvalue weighted by atomic mass is 32.2. The molecule has 98 valence electrons. The molecule has 1 aliphatic rings. The van der Waals surface area contributed by atoms with Crippen molar-refractivity contribution in [1.29, 1.82) is 0 Å². The van der Waals surface area contributed by atoms with Gasteiger partial charge in [0.1, 0.15) is 5.75 Å². The van der Waals surface area contributed by atoms with E-state index < -0.39 is 9.84 Å². The molecule has 0 unspecified atom stereocenters. The number of esters is 1. The van der Waals surface area contributed by atoms with Gasteiger partial charge in [0, 0.05) is 25.7 Å². The molecule has 6 heteroatoms. The first-order valence-electron chi connectivity index (χ1n) is 5.70. The van der Waals surface area contributed by atoms with Gasteiger partial charge in [-0.3, -0.25) is 4.79 Å². The molecule has 0 saturated carbocycles. The maximum Gasteiger partial charge on any atom is 0.308 e. The lowest BCUT2D eigenvalue weighted by atomic mass is 10.2. The van der Waals surface area contributed by atoms with E-state index in [0.29, 0.717) is 18.8 Å². The number of ether oxygens (including phenoxy) is 1. The molecule has 2 rings (SSSR count). The molecule has 1 aliphatic heterocycles. The lowest BCUT2D eigenvalue weighted by molar-refractivity contribution is -0.131. The van der Waals surface area contributed by atoms with Crippen LogP contribution in [0.5, 0.6) is 5.75 Å². The molecule has 1 heterocycles. The molecule has 1 aromatic rings. The van der Waals surface area contributed by atoms with Gasteiger partial charge in [-0.15, -0.1) is 0 Å². The number of hydrogen-bond acceptors (Lipinski definition) is 5. The van der Waals surface area contributed by atoms with Gasteiger partial charge in [-0.1, -0.05) is 0 Å². The summed E-state index contributed by atoms with van der Waals surface area (Å²) >= 11 is 0. The predicted octanol–water partition coefficient (Wildman–Crippen LogP) is 0.847. The van der Waals surface area contributed by atoms with Crippen LogP contribution in [0.3, 0.4) is 0 Å². The highest BCUT2D eigenvalue weighted by molar-refractivity contribution is 7.91. The summed E-state index contributed by atoms with van der Waals surface area (Å²) in [7, 11) is -2.86. The van der Waals surface area contributed by atoms with Crippen molar-refractivity contribution in [2.75, 3.05) is 29.5 Å². The van der Waals surface area contributed by atoms with E-state index in [1.165, 1.54) is 6.92 Å². The van der Waals surface area contributed by atoms with E-state index in [9.17, 15) is 13.2 Å². The molecule has 0 bridgehead atoms. The maximum absolute atomic E-state index is 11.3. The second kappa shape index (κ2) is 4.97. The fraction of sp³-hybridized carbons (Fsp3) is 0.417. The van der Waals surface area contributed by atoms with Crippen molar-refractivity contribution in [3.8, 4) is 5.75 Å². The van der Waals surface area contributed by atoms with Crippen molar-refractivity contribution < 1.29 is 17.9 Å². The van der Waals surface area contributed by atoms with E-state index in [0.717, 1.165) is 5.69 Å². The summed E-state index contributed by atoms with van der Waals surface area (Å²) in [6, 6.07) is 7.08. The molecule has 0 aromatic heterocycles. The van der Waals surface area contributed by atoms with E-state index >= 15 is 0 Å². The number of rotatable bonds is 2. The predicted molar refractivity (Wildman–Crippen MR) is 68.6 cm³/mol. The van der Waals surface area contributed by atoms with Crippen LogP contribution in [0.4, 0.5) is 5.69 Å². The summed E-state index contributed by atoms with van der Waals surface area (Å²) in [4.78, 5) is 12.8. The number of anilines is 1. The van der Waals surface area contributed by atoms with Crippen molar-refractivity contribution in [2.24, 2.45) is 0 Å². The molecule has 18 heavy (non-hydrogen) atoms. The molecule has 0 atom stereocenters. The number of carbonyl (C=O) groups is 1. The molecule has 1 aromatic carbocycles. The zero-order chi connectivity index (χ0) is 13.2. The van der Waals surface area contributed by atoms with Crippen LogP contribution in [-0.2, 0) is 14.6 Å². The van der Waals surface area contributed by atoms with Crippen LogP contribution >= 0.6 is 0 Å². The number of hydrogen-bond donors (Lipinski definition) is 0. The fourth-order valence-corrected chi connectivity index (χ4v) is 3.06. The van der Waals surface area contributed by atoms with Gasteiger partial charge >= 0.3 is 5.97 Å². The molecule has 0 aliphatic carbocycles. The first-order chi connectivity index (χ1) is 8.46. The highest BCUT2D eigenvalue weighted by Gasteiger charge is 2.21. The lowest BCUT2D eigenvalue weighted by Crippen LogP contribution is -2.40. The number of carbonyl (C=O) groups excluding carboxylic acids is 1. The molecule has 5 nitrogen and oxygen atoms in total. The third kappa shape index (κ3) is 3.22. The quantitative estimate of drug-likeness (QED) is 0.588. The minimum absolute atomic E-state index is 0.193. The smallest absolute Gasteiger partial charge is 0.308 e. The first kappa shape index (κ1) is 12.9. The monoisotopic (exact) mass is 269 g/mol. The van der Waals surface area contributed by atoms with Crippen LogP contribution in [-0.4, -0.2) is 39.0 Å². The Morgan fingerprint density at radius 1 is 1.17 bits per heavy atom. The van der Waals surface area contributed by atoms with E-state index in [4.69, 9.17) is 4.74 Å². The number of nitrogens with zero attached hydrogens (tertiary/aromatic N) is 1. The minimum Gasteiger partial charge on any atom is -0.427 e. The van der Waals surface area contributed by atoms with Crippen molar-refractivity contribution in [1.82, 2.24) is 0 Å². The Kier molecular flexibility index (Phi) is 3.56. The van der Waals surface area contributed by atoms with Crippen molar-refractivity contribution in [2.45, 2.75) is 6.92 Å². The molecule has 0 radical (unpaired) electrons. The Morgan fingerprint density at radius 2 is 1.72 bits per heavy atom. The zero-order valence-electron chi connectivity index (χ0n) is 10.1. The van der Waals surface area contributed by atoms with Gasteiger partial charge in [0.05, 0.1) is 11.5 Å². The number of sulfone groups is 1. The maximum atomic E-state index is 11.3. The van der Waals surface area contributed by atoms with Crippen LogP contribution in [0.15, 0.2) is 24.3 Å². The molecular formula is C12H15NO4S. The first-order valence-corrected chi connectivity index (χ1v) is 7.52. The average molecular weight is 269 g/mol. The Balaban J connectivity index is 2.04. The van der Waals surface area contributed by atoms with E-state index in [2.05, 4.69) is 0 Å². The fourth-order valence-electron chi connectivity index (χ4n) is 1.86. The standard InChI is InChI=1S/C12H15NO4S/c1-10(14)17-12-4-2-11(3-5-12)13-6-8-18(15,16)9-7-13/h2-5H,6-9H2,1H3. The van der Waals surface area contributed by atoms with Crippen molar-refractivity contribution >= 4 is 21.5 Å². The van der Waals surface area contributed by atoms with Gasteiger partial charge in [-0.05, 0) is 24.3 Å². The van der Waals surface area contributed by atoms with Crippen molar-refractivity contribution in [3.05, 3.63) is 24.3 Å². The summed E-state index contributed by atoms with van der Waals surface area (Å²) in [6.45, 7) is 2.37. The Morgan fingerprint density at radius 3 is 2.22 bits per heavy atom. The highest BCUT2D eigenvalue weighted by Crippen LogP contribution is 2.21. The minimum atomic E-state index is -2.86. The largest absolute Gasteiger partial charge is 0.427 e. The van der Waals surface area contributed by atoms with Crippen LogP contribution in [0.25, 0.3) is 0 Å². The summed E-state index contributed by atoms with van der Waals surface area (Å²) in [5.74, 6) is 0.528. The Labute approximate surface area is 106 Å². The number of benzene rings is 1. The van der Waals surface area contributed by atoms with Crippen LogP contribution < -0.4 is 9.64 Å². The molecule has 0 spiro atoms. The summed E-state index contributed by atoms with van der Waals surface area (Å²) in [6.07, 6.45) is 0. The van der Waals surface area contributed by atoms with Gasteiger partial charge in [-0.2, -0.15) is 0 Å². The van der Waals surface area contributed by atoms with Crippen LogP contribution in [0.2, 0.25) is 0 Å². The zero-order valence-corrected chi connectivity index (χ0v) is 10.9. The van der Waals surface area contributed by atoms with Gasteiger partial charge in [0.15, 0.2) is 9.84 Å². The van der Waals surface area contributed by atoms with Gasteiger partial charge in [0.2, 0.25) is 0 Å².